The van der Waals surface area contributed by atoms with Crippen molar-refractivity contribution in [3.05, 3.63) is 0 Å². The summed E-state index contributed by atoms with van der Waals surface area (Å²) in [6, 6.07) is 3.15. The highest BCUT2D eigenvalue weighted by Crippen LogP contribution is 2.28. The first kappa shape index (κ1) is 13.5. The largest absolute Gasteiger partial charge is 0.303 e. The van der Waals surface area contributed by atoms with Gasteiger partial charge in [0.2, 0.25) is 0 Å². The quantitative estimate of drug-likeness (QED) is 0.717. The van der Waals surface area contributed by atoms with Gasteiger partial charge in [-0.05, 0) is 39.2 Å². The van der Waals surface area contributed by atoms with Crippen LogP contribution in [0.3, 0.4) is 0 Å². The van der Waals surface area contributed by atoms with Crippen molar-refractivity contribution in [2.24, 2.45) is 5.92 Å². The summed E-state index contributed by atoms with van der Waals surface area (Å²) in [7, 11) is 1.87. The Balaban J connectivity index is 2.40. The molecule has 92 valence electrons. The Morgan fingerprint density at radius 2 is 2.12 bits per heavy atom. The van der Waals surface area contributed by atoms with Crippen LogP contribution in [0.1, 0.15) is 40.0 Å². The average molecular weight is 223 g/mol. The minimum atomic E-state index is -0.371. The number of hydrogen-bond donors (Lipinski definition) is 1. The van der Waals surface area contributed by atoms with E-state index in [0.29, 0.717) is 5.92 Å². The third-order valence-corrected chi connectivity index (χ3v) is 3.36. The third-order valence-electron chi connectivity index (χ3n) is 3.36. The van der Waals surface area contributed by atoms with Gasteiger partial charge in [0.1, 0.15) is 5.54 Å². The first-order chi connectivity index (χ1) is 7.50. The van der Waals surface area contributed by atoms with Gasteiger partial charge in [0, 0.05) is 19.1 Å². The van der Waals surface area contributed by atoms with Crippen LogP contribution in [0, 0.1) is 17.2 Å². The summed E-state index contributed by atoms with van der Waals surface area (Å²) in [5, 5.41) is 12.2. The van der Waals surface area contributed by atoms with Gasteiger partial charge < -0.3 is 10.2 Å². The lowest BCUT2D eigenvalue weighted by Gasteiger charge is -2.28. The van der Waals surface area contributed by atoms with Crippen LogP contribution in [0.2, 0.25) is 0 Å². The van der Waals surface area contributed by atoms with Crippen LogP contribution in [0.4, 0.5) is 0 Å². The zero-order chi connectivity index (χ0) is 12.2. The minimum Gasteiger partial charge on any atom is -0.303 e. The molecule has 1 rings (SSSR count). The number of rotatable bonds is 7. The second-order valence-electron chi connectivity index (χ2n) is 5.56. The molecule has 0 bridgehead atoms. The molecule has 0 saturated heterocycles. The molecule has 1 fully saturated rings. The van der Waals surface area contributed by atoms with Crippen molar-refractivity contribution in [3.63, 3.8) is 0 Å². The van der Waals surface area contributed by atoms with Crippen LogP contribution in [-0.4, -0.2) is 36.6 Å². The molecule has 0 radical (unpaired) electrons. The monoisotopic (exact) mass is 223 g/mol. The zero-order valence-electron chi connectivity index (χ0n) is 11.1. The molecule has 0 spiro atoms. The van der Waals surface area contributed by atoms with Gasteiger partial charge in [0.15, 0.2) is 0 Å². The van der Waals surface area contributed by atoms with Crippen LogP contribution < -0.4 is 5.32 Å². The Hall–Kier alpha value is -0.590. The van der Waals surface area contributed by atoms with Crippen molar-refractivity contribution in [1.82, 2.24) is 10.2 Å². The molecule has 1 saturated carbocycles. The van der Waals surface area contributed by atoms with E-state index in [1.807, 2.05) is 14.0 Å². The van der Waals surface area contributed by atoms with Crippen LogP contribution in [0.5, 0.6) is 0 Å². The van der Waals surface area contributed by atoms with Gasteiger partial charge >= 0.3 is 0 Å². The molecule has 1 unspecified atom stereocenters. The second-order valence-corrected chi connectivity index (χ2v) is 5.56. The fraction of sp³-hybridized carbons (Fsp3) is 0.923. The number of hydrogen-bond acceptors (Lipinski definition) is 3. The average Bonchev–Trinajstić information content (AvgIpc) is 3.07. The molecule has 0 aromatic carbocycles. The van der Waals surface area contributed by atoms with Crippen LogP contribution in [-0.2, 0) is 0 Å². The molecule has 0 aliphatic heterocycles. The van der Waals surface area contributed by atoms with E-state index in [4.69, 9.17) is 5.26 Å². The maximum Gasteiger partial charge on any atom is 0.104 e. The van der Waals surface area contributed by atoms with Crippen molar-refractivity contribution >= 4 is 0 Å². The van der Waals surface area contributed by atoms with Crippen LogP contribution in [0.15, 0.2) is 0 Å². The molecule has 1 aliphatic rings. The predicted molar refractivity (Wildman–Crippen MR) is 67.1 cm³/mol. The van der Waals surface area contributed by atoms with Gasteiger partial charge in [-0.25, -0.2) is 0 Å². The maximum atomic E-state index is 9.10. The van der Waals surface area contributed by atoms with Crippen molar-refractivity contribution in [2.45, 2.75) is 51.6 Å². The molecule has 0 heterocycles. The standard InChI is InChI=1S/C13H25N3/c1-11(2)9-16(12-5-6-12)8-7-13(3,10-14)15-4/h11-12,15H,5-9H2,1-4H3. The van der Waals surface area contributed by atoms with Gasteiger partial charge in [-0.15, -0.1) is 0 Å². The Kier molecular flexibility index (Phi) is 4.76. The molecule has 3 heteroatoms. The molecule has 3 nitrogen and oxygen atoms in total. The van der Waals surface area contributed by atoms with Gasteiger partial charge in [0.05, 0.1) is 6.07 Å². The SMILES string of the molecule is CNC(C)(C#N)CCN(CC(C)C)C1CC1. The maximum absolute atomic E-state index is 9.10. The highest BCUT2D eigenvalue weighted by Gasteiger charge is 2.31. The third kappa shape index (κ3) is 4.11. The molecule has 1 N–H and O–H groups in total. The van der Waals surface area contributed by atoms with E-state index in [1.54, 1.807) is 0 Å². The summed E-state index contributed by atoms with van der Waals surface area (Å²) < 4.78 is 0. The summed E-state index contributed by atoms with van der Waals surface area (Å²) in [5.74, 6) is 0.712. The molecule has 1 aliphatic carbocycles. The molecule has 0 amide bonds. The Morgan fingerprint density at radius 1 is 1.50 bits per heavy atom. The van der Waals surface area contributed by atoms with E-state index in [0.717, 1.165) is 25.6 Å². The lowest BCUT2D eigenvalue weighted by molar-refractivity contribution is 0.215. The van der Waals surface area contributed by atoms with Gasteiger partial charge in [-0.2, -0.15) is 5.26 Å². The number of nitriles is 1. The summed E-state index contributed by atoms with van der Waals surface area (Å²) in [5.41, 5.74) is -0.371. The zero-order valence-corrected chi connectivity index (χ0v) is 11.1. The smallest absolute Gasteiger partial charge is 0.104 e. The summed E-state index contributed by atoms with van der Waals surface area (Å²) in [6.07, 6.45) is 3.59. The van der Waals surface area contributed by atoms with E-state index >= 15 is 0 Å². The van der Waals surface area contributed by atoms with Crippen LogP contribution in [0.25, 0.3) is 0 Å². The molecule has 1 atom stereocenters. The number of nitrogens with zero attached hydrogens (tertiary/aromatic N) is 2. The first-order valence-electron chi connectivity index (χ1n) is 6.35. The topological polar surface area (TPSA) is 39.1 Å². The predicted octanol–water partition coefficient (Wildman–Crippen LogP) is 2.00. The highest BCUT2D eigenvalue weighted by molar-refractivity contribution is 5.03. The van der Waals surface area contributed by atoms with E-state index in [9.17, 15) is 0 Å². The molecular weight excluding hydrogens is 198 g/mol. The normalized spacial score (nSPS) is 19.8. The Labute approximate surface area is 99.8 Å². The number of nitrogens with one attached hydrogen (secondary N) is 1. The fourth-order valence-corrected chi connectivity index (χ4v) is 1.94. The Bertz CT molecular complexity index is 252. The van der Waals surface area contributed by atoms with Crippen molar-refractivity contribution in [2.75, 3.05) is 20.1 Å². The summed E-state index contributed by atoms with van der Waals surface area (Å²) in [4.78, 5) is 2.55. The van der Waals surface area contributed by atoms with Crippen molar-refractivity contribution < 1.29 is 0 Å². The second kappa shape index (κ2) is 5.65. The molecule has 16 heavy (non-hydrogen) atoms. The van der Waals surface area contributed by atoms with E-state index in [2.05, 4.69) is 30.1 Å². The molecular formula is C13H25N3. The minimum absolute atomic E-state index is 0.371. The van der Waals surface area contributed by atoms with Gasteiger partial charge in [-0.3, -0.25) is 0 Å². The fourth-order valence-electron chi connectivity index (χ4n) is 1.94. The highest BCUT2D eigenvalue weighted by atomic mass is 15.2. The van der Waals surface area contributed by atoms with Crippen molar-refractivity contribution in [3.8, 4) is 6.07 Å². The van der Waals surface area contributed by atoms with Gasteiger partial charge in [0.25, 0.3) is 0 Å². The van der Waals surface area contributed by atoms with E-state index in [-0.39, 0.29) is 5.54 Å². The van der Waals surface area contributed by atoms with Crippen molar-refractivity contribution in [1.29, 1.82) is 5.26 Å². The van der Waals surface area contributed by atoms with E-state index in [1.165, 1.54) is 12.8 Å². The lowest BCUT2D eigenvalue weighted by atomic mass is 9.99. The molecule has 0 aromatic heterocycles. The lowest BCUT2D eigenvalue weighted by Crippen LogP contribution is -2.42. The summed E-state index contributed by atoms with van der Waals surface area (Å²) in [6.45, 7) is 8.70. The van der Waals surface area contributed by atoms with Gasteiger partial charge in [-0.1, -0.05) is 13.8 Å². The summed E-state index contributed by atoms with van der Waals surface area (Å²) >= 11 is 0. The Morgan fingerprint density at radius 3 is 2.50 bits per heavy atom. The van der Waals surface area contributed by atoms with Crippen LogP contribution >= 0.6 is 0 Å². The van der Waals surface area contributed by atoms with E-state index < -0.39 is 0 Å². The first-order valence-corrected chi connectivity index (χ1v) is 6.35. The molecule has 0 aromatic rings.